The number of hydrogen-bond acceptors (Lipinski definition) is 2. The van der Waals surface area contributed by atoms with E-state index in [4.69, 9.17) is 4.74 Å². The number of hydrogen-bond donors (Lipinski definition) is 0. The Morgan fingerprint density at radius 1 is 1.77 bits per heavy atom. The summed E-state index contributed by atoms with van der Waals surface area (Å²) in [6, 6.07) is 0. The average Bonchev–Trinajstić information content (AvgIpc) is 2.30. The minimum atomic E-state index is -0.410. The first kappa shape index (κ1) is 10.8. The molecule has 0 aromatic rings. The summed E-state index contributed by atoms with van der Waals surface area (Å²) < 4.78 is 6.57. The standard InChI is InChI=1S/C10H13IO2/c1-7(2)9(12)13-10(3)5-4-8(11)6-10/h6H,1,4-5H2,2-3H3. The van der Waals surface area contributed by atoms with E-state index in [1.165, 1.54) is 3.58 Å². The van der Waals surface area contributed by atoms with Gasteiger partial charge < -0.3 is 4.74 Å². The Morgan fingerprint density at radius 2 is 2.38 bits per heavy atom. The van der Waals surface area contributed by atoms with Crippen molar-refractivity contribution in [1.29, 1.82) is 0 Å². The van der Waals surface area contributed by atoms with Gasteiger partial charge in [-0.3, -0.25) is 0 Å². The van der Waals surface area contributed by atoms with Gasteiger partial charge in [0.25, 0.3) is 0 Å². The van der Waals surface area contributed by atoms with Gasteiger partial charge in [0, 0.05) is 5.57 Å². The number of carbonyl (C=O) groups is 1. The second-order valence-electron chi connectivity index (χ2n) is 3.57. The molecule has 0 saturated carbocycles. The Labute approximate surface area is 92.2 Å². The highest BCUT2D eigenvalue weighted by atomic mass is 127. The molecule has 0 saturated heterocycles. The van der Waals surface area contributed by atoms with E-state index < -0.39 is 5.60 Å². The summed E-state index contributed by atoms with van der Waals surface area (Å²) >= 11 is 2.27. The van der Waals surface area contributed by atoms with E-state index in [-0.39, 0.29) is 5.97 Å². The van der Waals surface area contributed by atoms with Crippen molar-refractivity contribution in [3.8, 4) is 0 Å². The van der Waals surface area contributed by atoms with Crippen molar-refractivity contribution in [3.05, 3.63) is 21.8 Å². The Morgan fingerprint density at radius 3 is 2.77 bits per heavy atom. The predicted octanol–water partition coefficient (Wildman–Crippen LogP) is 2.98. The van der Waals surface area contributed by atoms with E-state index >= 15 is 0 Å². The molecule has 0 aromatic heterocycles. The average molecular weight is 292 g/mol. The smallest absolute Gasteiger partial charge is 0.333 e. The summed E-state index contributed by atoms with van der Waals surface area (Å²) in [5.41, 5.74) is 0.0450. The SMILES string of the molecule is C=C(C)C(=O)OC1(C)C=C(I)CC1. The Bertz CT molecular complexity index is 281. The molecule has 1 atom stereocenters. The zero-order valence-electron chi connectivity index (χ0n) is 7.89. The highest BCUT2D eigenvalue weighted by Gasteiger charge is 2.31. The van der Waals surface area contributed by atoms with Gasteiger partial charge in [0.05, 0.1) is 0 Å². The summed E-state index contributed by atoms with van der Waals surface area (Å²) in [4.78, 5) is 11.3. The molecule has 1 aliphatic rings. The lowest BCUT2D eigenvalue weighted by Gasteiger charge is -2.22. The molecular weight excluding hydrogens is 279 g/mol. The lowest BCUT2D eigenvalue weighted by atomic mass is 10.1. The second kappa shape index (κ2) is 3.82. The minimum Gasteiger partial charge on any atom is -0.452 e. The Kier molecular flexibility index (Phi) is 3.16. The molecular formula is C10H13IO2. The Hall–Kier alpha value is -0.320. The van der Waals surface area contributed by atoms with Crippen molar-refractivity contribution in [2.24, 2.45) is 0 Å². The third-order valence-electron chi connectivity index (χ3n) is 2.00. The van der Waals surface area contributed by atoms with Crippen LogP contribution in [0.1, 0.15) is 26.7 Å². The number of rotatable bonds is 2. The molecule has 0 aromatic carbocycles. The van der Waals surface area contributed by atoms with E-state index in [0.29, 0.717) is 5.57 Å². The highest BCUT2D eigenvalue weighted by molar-refractivity contribution is 14.1. The molecule has 0 N–H and O–H groups in total. The van der Waals surface area contributed by atoms with Crippen LogP contribution in [0.2, 0.25) is 0 Å². The van der Waals surface area contributed by atoms with E-state index in [2.05, 4.69) is 29.2 Å². The highest BCUT2D eigenvalue weighted by Crippen LogP contribution is 2.34. The molecule has 0 amide bonds. The fraction of sp³-hybridized carbons (Fsp3) is 0.500. The largest absolute Gasteiger partial charge is 0.452 e. The summed E-state index contributed by atoms with van der Waals surface area (Å²) in [5, 5.41) is 0. The lowest BCUT2D eigenvalue weighted by Crippen LogP contribution is -2.27. The van der Waals surface area contributed by atoms with Crippen LogP contribution < -0.4 is 0 Å². The predicted molar refractivity (Wildman–Crippen MR) is 60.6 cm³/mol. The van der Waals surface area contributed by atoms with Crippen LogP contribution in [0, 0.1) is 0 Å². The lowest BCUT2D eigenvalue weighted by molar-refractivity contribution is -0.148. The van der Waals surface area contributed by atoms with Crippen LogP contribution >= 0.6 is 22.6 Å². The number of halogens is 1. The van der Waals surface area contributed by atoms with Gasteiger partial charge in [-0.05, 0) is 58.9 Å². The Balaban J connectivity index is 2.64. The molecule has 0 spiro atoms. The molecule has 0 aliphatic heterocycles. The molecule has 2 nitrogen and oxygen atoms in total. The van der Waals surface area contributed by atoms with Crippen LogP contribution in [0.5, 0.6) is 0 Å². The summed E-state index contributed by atoms with van der Waals surface area (Å²) in [6.07, 6.45) is 3.89. The van der Waals surface area contributed by atoms with Crippen LogP contribution in [0.3, 0.4) is 0 Å². The van der Waals surface area contributed by atoms with E-state index in [0.717, 1.165) is 12.8 Å². The normalized spacial score (nSPS) is 26.8. The maximum Gasteiger partial charge on any atom is 0.333 e. The first-order valence-corrected chi connectivity index (χ1v) is 5.27. The first-order chi connectivity index (χ1) is 5.93. The molecule has 13 heavy (non-hydrogen) atoms. The number of carbonyl (C=O) groups excluding carboxylic acids is 1. The zero-order valence-corrected chi connectivity index (χ0v) is 10.1. The fourth-order valence-electron chi connectivity index (χ4n) is 1.22. The van der Waals surface area contributed by atoms with Crippen LogP contribution in [-0.4, -0.2) is 11.6 Å². The molecule has 0 fully saturated rings. The van der Waals surface area contributed by atoms with Crippen LogP contribution in [0.4, 0.5) is 0 Å². The van der Waals surface area contributed by atoms with Crippen molar-refractivity contribution >= 4 is 28.6 Å². The van der Waals surface area contributed by atoms with Gasteiger partial charge in [0.15, 0.2) is 0 Å². The zero-order chi connectivity index (χ0) is 10.1. The van der Waals surface area contributed by atoms with Gasteiger partial charge >= 0.3 is 5.97 Å². The third-order valence-corrected chi connectivity index (χ3v) is 2.85. The van der Waals surface area contributed by atoms with Crippen molar-refractivity contribution < 1.29 is 9.53 Å². The number of allylic oxidation sites excluding steroid dienone is 1. The third kappa shape index (κ3) is 2.83. The summed E-state index contributed by atoms with van der Waals surface area (Å²) in [7, 11) is 0. The molecule has 0 bridgehead atoms. The molecule has 1 aliphatic carbocycles. The van der Waals surface area contributed by atoms with Crippen molar-refractivity contribution in [2.75, 3.05) is 0 Å². The molecule has 72 valence electrons. The number of ether oxygens (including phenoxy) is 1. The summed E-state index contributed by atoms with van der Waals surface area (Å²) in [5.74, 6) is -0.301. The van der Waals surface area contributed by atoms with Crippen molar-refractivity contribution in [2.45, 2.75) is 32.3 Å². The van der Waals surface area contributed by atoms with Crippen LogP contribution in [0.25, 0.3) is 0 Å². The van der Waals surface area contributed by atoms with Gasteiger partial charge in [-0.2, -0.15) is 0 Å². The maximum atomic E-state index is 11.3. The summed E-state index contributed by atoms with van der Waals surface area (Å²) in [6.45, 7) is 7.14. The topological polar surface area (TPSA) is 26.3 Å². The fourth-order valence-corrected chi connectivity index (χ4v) is 2.15. The van der Waals surface area contributed by atoms with Gasteiger partial charge in [-0.1, -0.05) is 6.58 Å². The molecule has 0 radical (unpaired) electrons. The molecule has 1 unspecified atom stereocenters. The first-order valence-electron chi connectivity index (χ1n) is 4.19. The van der Waals surface area contributed by atoms with E-state index in [1.54, 1.807) is 6.92 Å². The van der Waals surface area contributed by atoms with Crippen molar-refractivity contribution in [3.63, 3.8) is 0 Å². The monoisotopic (exact) mass is 292 g/mol. The van der Waals surface area contributed by atoms with Crippen LogP contribution in [-0.2, 0) is 9.53 Å². The van der Waals surface area contributed by atoms with Gasteiger partial charge in [-0.15, -0.1) is 0 Å². The molecule has 0 heterocycles. The molecule has 1 rings (SSSR count). The van der Waals surface area contributed by atoms with Gasteiger partial charge in [0.2, 0.25) is 0 Å². The van der Waals surface area contributed by atoms with Gasteiger partial charge in [0.1, 0.15) is 5.60 Å². The van der Waals surface area contributed by atoms with E-state index in [1.807, 2.05) is 13.0 Å². The van der Waals surface area contributed by atoms with Gasteiger partial charge in [-0.25, -0.2) is 4.79 Å². The minimum absolute atomic E-state index is 0.301. The van der Waals surface area contributed by atoms with Crippen LogP contribution in [0.15, 0.2) is 21.8 Å². The quantitative estimate of drug-likeness (QED) is 0.444. The van der Waals surface area contributed by atoms with Crippen molar-refractivity contribution in [1.82, 2.24) is 0 Å². The second-order valence-corrected chi connectivity index (χ2v) is 4.96. The number of esters is 1. The van der Waals surface area contributed by atoms with E-state index in [9.17, 15) is 4.79 Å². The maximum absolute atomic E-state index is 11.3. The molecule has 3 heteroatoms.